The molecule has 0 aliphatic carbocycles. The average molecular weight is 372 g/mol. The summed E-state index contributed by atoms with van der Waals surface area (Å²) in [6.07, 6.45) is 1.36. The second kappa shape index (κ2) is 6.46. The molecule has 1 aromatic carbocycles. The zero-order valence-electron chi connectivity index (χ0n) is 13.8. The first-order chi connectivity index (χ1) is 12.5. The number of nitrogen functional groups attached to an aromatic ring is 1. The molecule has 2 aromatic heterocycles. The second-order valence-electron chi connectivity index (χ2n) is 5.86. The van der Waals surface area contributed by atoms with E-state index in [0.29, 0.717) is 45.6 Å². The second-order valence-corrected chi connectivity index (χ2v) is 7.40. The average Bonchev–Trinajstić information content (AvgIpc) is 3.04. The van der Waals surface area contributed by atoms with Gasteiger partial charge in [0.1, 0.15) is 5.82 Å². The van der Waals surface area contributed by atoms with Gasteiger partial charge >= 0.3 is 0 Å². The number of rotatable bonds is 3. The topological polar surface area (TPSA) is 140 Å². The predicted molar refractivity (Wildman–Crippen MR) is 95.1 cm³/mol. The van der Waals surface area contributed by atoms with Gasteiger partial charge < -0.3 is 20.7 Å². The molecule has 0 bridgehead atoms. The van der Waals surface area contributed by atoms with Crippen molar-refractivity contribution >= 4 is 28.3 Å². The number of hydrogen-bond donors (Lipinski definition) is 3. The van der Waals surface area contributed by atoms with Crippen molar-refractivity contribution in [1.29, 1.82) is 0 Å². The van der Waals surface area contributed by atoms with Crippen molar-refractivity contribution in [2.75, 3.05) is 16.8 Å². The van der Waals surface area contributed by atoms with Crippen LogP contribution in [0.4, 0.5) is 17.5 Å². The largest absolute Gasteiger partial charge is 0.388 e. The van der Waals surface area contributed by atoms with Gasteiger partial charge in [0.15, 0.2) is 0 Å². The molecule has 3 aromatic rings. The van der Waals surface area contributed by atoms with Crippen LogP contribution in [-0.2, 0) is 10.8 Å². The lowest BCUT2D eigenvalue weighted by Gasteiger charge is -2.21. The third kappa shape index (κ3) is 3.04. The molecule has 4 N–H and O–H groups in total. The molecule has 4 rings (SSSR count). The normalized spacial score (nSPS) is 19.2. The van der Waals surface area contributed by atoms with Gasteiger partial charge in [0.05, 0.1) is 22.5 Å². The summed E-state index contributed by atoms with van der Waals surface area (Å²) in [4.78, 5) is 13.2. The van der Waals surface area contributed by atoms with E-state index in [4.69, 9.17) is 10.3 Å². The summed E-state index contributed by atoms with van der Waals surface area (Å²) < 4.78 is 17.0. The van der Waals surface area contributed by atoms with Crippen molar-refractivity contribution in [2.45, 2.75) is 24.3 Å². The van der Waals surface area contributed by atoms with Crippen LogP contribution in [0, 0.1) is 6.92 Å². The highest BCUT2D eigenvalue weighted by atomic mass is 32.2. The Bertz CT molecular complexity index is 1010. The van der Waals surface area contributed by atoms with Crippen LogP contribution in [0.15, 0.2) is 33.8 Å². The summed E-state index contributed by atoms with van der Waals surface area (Å²) in [5, 5.41) is 17.0. The van der Waals surface area contributed by atoms with Gasteiger partial charge in [0, 0.05) is 29.5 Å². The lowest BCUT2D eigenvalue weighted by Crippen LogP contribution is -2.15. The van der Waals surface area contributed by atoms with Gasteiger partial charge in [-0.3, -0.25) is 4.21 Å². The fraction of sp³-hybridized carbons (Fsp3) is 0.250. The number of nitrogens with two attached hydrogens (primary N) is 1. The molecule has 1 aliphatic rings. The Balaban J connectivity index is 1.61. The number of aliphatic hydroxyl groups is 1. The molecule has 0 saturated heterocycles. The van der Waals surface area contributed by atoms with Crippen LogP contribution in [0.25, 0.3) is 11.4 Å². The third-order valence-corrected chi connectivity index (χ3v) is 5.50. The number of aromatic nitrogens is 4. The fourth-order valence-corrected chi connectivity index (χ4v) is 4.08. The molecule has 0 radical (unpaired) electrons. The Kier molecular flexibility index (Phi) is 4.13. The molecule has 26 heavy (non-hydrogen) atoms. The molecule has 2 atom stereocenters. The first-order valence-corrected chi connectivity index (χ1v) is 9.24. The molecule has 0 fully saturated rings. The van der Waals surface area contributed by atoms with Crippen molar-refractivity contribution in [3.05, 3.63) is 35.9 Å². The number of fused-ring (bicyclic) bond motifs is 1. The quantitative estimate of drug-likeness (QED) is 0.626. The number of anilines is 3. The first-order valence-electron chi connectivity index (χ1n) is 7.92. The summed E-state index contributed by atoms with van der Waals surface area (Å²) in [5.41, 5.74) is 7.78. The van der Waals surface area contributed by atoms with Gasteiger partial charge in [-0.25, -0.2) is 4.98 Å². The van der Waals surface area contributed by atoms with E-state index in [9.17, 15) is 9.32 Å². The maximum Gasteiger partial charge on any atom is 0.229 e. The lowest BCUT2D eigenvalue weighted by molar-refractivity contribution is 0.169. The van der Waals surface area contributed by atoms with Crippen LogP contribution in [0.2, 0.25) is 0 Å². The number of aryl methyl sites for hydroxylation is 1. The minimum absolute atomic E-state index is 0.211. The highest BCUT2D eigenvalue weighted by Gasteiger charge is 2.23. The Morgan fingerprint density at radius 2 is 2.23 bits per heavy atom. The SMILES string of the molecule is Cc1nc(-c2cnc(Nc3ccc4c(c3)C(O)CCS4=O)nc2N)no1. The van der Waals surface area contributed by atoms with E-state index in [1.165, 1.54) is 6.20 Å². The summed E-state index contributed by atoms with van der Waals surface area (Å²) in [6, 6.07) is 5.27. The molecule has 0 spiro atoms. The number of nitrogens with zero attached hydrogens (tertiary/aromatic N) is 4. The van der Waals surface area contributed by atoms with Gasteiger partial charge in [-0.05, 0) is 30.2 Å². The molecular formula is C16H16N6O3S. The molecular weight excluding hydrogens is 356 g/mol. The van der Waals surface area contributed by atoms with Crippen LogP contribution in [0.3, 0.4) is 0 Å². The van der Waals surface area contributed by atoms with Crippen LogP contribution < -0.4 is 11.1 Å². The summed E-state index contributed by atoms with van der Waals surface area (Å²) in [5.74, 6) is 1.72. The molecule has 9 nitrogen and oxygen atoms in total. The Labute approximate surface area is 151 Å². The minimum Gasteiger partial charge on any atom is -0.388 e. The van der Waals surface area contributed by atoms with Crippen LogP contribution in [0.5, 0.6) is 0 Å². The van der Waals surface area contributed by atoms with E-state index in [-0.39, 0.29) is 11.8 Å². The first kappa shape index (κ1) is 16.6. The van der Waals surface area contributed by atoms with Crippen LogP contribution >= 0.6 is 0 Å². The molecule has 134 valence electrons. The van der Waals surface area contributed by atoms with Gasteiger partial charge in [-0.2, -0.15) is 9.97 Å². The minimum atomic E-state index is -1.08. The predicted octanol–water partition coefficient (Wildman–Crippen LogP) is 1.71. The zero-order valence-corrected chi connectivity index (χ0v) is 14.7. The van der Waals surface area contributed by atoms with E-state index < -0.39 is 16.9 Å². The Hall–Kier alpha value is -2.85. The highest BCUT2D eigenvalue weighted by Crippen LogP contribution is 2.32. The highest BCUT2D eigenvalue weighted by molar-refractivity contribution is 7.85. The molecule has 3 heterocycles. The van der Waals surface area contributed by atoms with E-state index >= 15 is 0 Å². The molecule has 1 aliphatic heterocycles. The number of hydrogen-bond acceptors (Lipinski definition) is 9. The van der Waals surface area contributed by atoms with Gasteiger partial charge in [-0.15, -0.1) is 0 Å². The van der Waals surface area contributed by atoms with Crippen molar-refractivity contribution in [2.24, 2.45) is 0 Å². The van der Waals surface area contributed by atoms with Crippen molar-refractivity contribution in [3.8, 4) is 11.4 Å². The third-order valence-electron chi connectivity index (χ3n) is 4.03. The van der Waals surface area contributed by atoms with Crippen molar-refractivity contribution < 1.29 is 13.8 Å². The number of aliphatic hydroxyl groups excluding tert-OH is 1. The van der Waals surface area contributed by atoms with E-state index in [1.54, 1.807) is 25.1 Å². The summed E-state index contributed by atoms with van der Waals surface area (Å²) >= 11 is 0. The van der Waals surface area contributed by atoms with Crippen molar-refractivity contribution in [3.63, 3.8) is 0 Å². The number of benzene rings is 1. The maximum absolute atomic E-state index is 12.0. The van der Waals surface area contributed by atoms with Crippen molar-refractivity contribution in [1.82, 2.24) is 20.1 Å². The van der Waals surface area contributed by atoms with E-state index in [1.807, 2.05) is 0 Å². The standard InChI is InChI=1S/C16H16N6O3S/c1-8-19-15(22-25-8)11-7-18-16(21-14(11)17)20-9-2-3-13-10(6-9)12(23)4-5-26(13)24/h2-3,6-7,12,23H,4-5H2,1H3,(H3,17,18,20,21). The van der Waals surface area contributed by atoms with E-state index in [2.05, 4.69) is 25.4 Å². The fourth-order valence-electron chi connectivity index (χ4n) is 2.74. The van der Waals surface area contributed by atoms with Gasteiger partial charge in [0.25, 0.3) is 0 Å². The summed E-state index contributed by atoms with van der Waals surface area (Å²) in [7, 11) is -1.08. The Morgan fingerprint density at radius 1 is 1.38 bits per heavy atom. The monoisotopic (exact) mass is 372 g/mol. The zero-order chi connectivity index (χ0) is 18.3. The molecule has 0 amide bonds. The number of nitrogens with one attached hydrogen (secondary N) is 1. The maximum atomic E-state index is 12.0. The molecule has 0 saturated carbocycles. The smallest absolute Gasteiger partial charge is 0.229 e. The summed E-state index contributed by atoms with van der Waals surface area (Å²) in [6.45, 7) is 1.68. The molecule has 10 heteroatoms. The lowest BCUT2D eigenvalue weighted by atomic mass is 10.1. The van der Waals surface area contributed by atoms with Crippen LogP contribution in [0.1, 0.15) is 24.0 Å². The Morgan fingerprint density at radius 3 is 2.96 bits per heavy atom. The van der Waals surface area contributed by atoms with Crippen LogP contribution in [-0.4, -0.2) is 35.2 Å². The van der Waals surface area contributed by atoms with Gasteiger partial charge in [0.2, 0.25) is 17.7 Å². The van der Waals surface area contributed by atoms with E-state index in [0.717, 1.165) is 0 Å². The molecule has 2 unspecified atom stereocenters. The van der Waals surface area contributed by atoms with Gasteiger partial charge in [-0.1, -0.05) is 5.16 Å².